The summed E-state index contributed by atoms with van der Waals surface area (Å²) in [6, 6.07) is 0. The Bertz CT molecular complexity index is 77.6. The summed E-state index contributed by atoms with van der Waals surface area (Å²) < 4.78 is 0. The predicted molar refractivity (Wildman–Crippen MR) is 46.1 cm³/mol. The summed E-state index contributed by atoms with van der Waals surface area (Å²) in [6.45, 7) is 1.57. The molecule has 108 valence electrons. The van der Waals surface area contributed by atoms with Crippen LogP contribution in [0, 0.1) is 15.3 Å². The van der Waals surface area contributed by atoms with Gasteiger partial charge in [0.15, 0.2) is 0 Å². The van der Waals surface area contributed by atoms with Gasteiger partial charge in [-0.15, -0.1) is 0 Å². The summed E-state index contributed by atoms with van der Waals surface area (Å²) in [7, 11) is 0. The van der Waals surface area contributed by atoms with Gasteiger partial charge in [-0.1, -0.05) is 13.3 Å². The molecule has 0 atom stereocenters. The van der Waals surface area contributed by atoms with Gasteiger partial charge in [-0.25, -0.2) is 6.29 Å². The fraction of sp³-hybridized carbons (Fsp3) is 1.00. The number of rotatable bonds is 1. The van der Waals surface area contributed by atoms with Crippen LogP contribution >= 0.6 is 0 Å². The zero-order valence-corrected chi connectivity index (χ0v) is 9.33. The summed E-state index contributed by atoms with van der Waals surface area (Å²) in [6.07, 6.45) is -1.42. The van der Waals surface area contributed by atoms with Crippen molar-refractivity contribution in [3.8, 4) is 0 Å². The van der Waals surface area contributed by atoms with Gasteiger partial charge in [-0.05, 0) is 0 Å². The molecule has 0 aliphatic rings. The number of hydrogen-bond donors (Lipinski definition) is 0. The molecule has 12 N–H and O–H groups in total. The molecular formula is C3H18MnNO11. The second kappa shape index (κ2) is 63.1. The van der Waals surface area contributed by atoms with Gasteiger partial charge in [0.05, 0.1) is 5.09 Å². The Hall–Kier alpha value is -0.601. The minimum Gasteiger partial charge on any atom is -0.865 e. The van der Waals surface area contributed by atoms with Crippen LogP contribution in [-0.4, -0.2) is 44.2 Å². The topological polar surface area (TPSA) is 301 Å². The minimum atomic E-state index is -1.75. The minimum absolute atomic E-state index is 0. The smallest absolute Gasteiger partial charge is 0.865 e. The van der Waals surface area contributed by atoms with Crippen molar-refractivity contribution in [3.63, 3.8) is 0 Å². The van der Waals surface area contributed by atoms with E-state index in [1.54, 1.807) is 6.92 Å². The van der Waals surface area contributed by atoms with E-state index in [1.807, 2.05) is 0 Å². The standard InChI is InChI=1S/C3H6O2.Mn.NO3.6H2O/c1-2-3(4)5;;2-1(3)4;;;;;;/h3H,2H2,1H3;;;6*1H2/q-2;+3;-1;;;;;;. The molecule has 0 amide bonds. The molecule has 12 nitrogen and oxygen atoms in total. The van der Waals surface area contributed by atoms with Crippen LogP contribution in [0.2, 0.25) is 0 Å². The van der Waals surface area contributed by atoms with E-state index >= 15 is 0 Å². The fourth-order valence-electron chi connectivity index (χ4n) is 0. The molecule has 0 saturated heterocycles. The van der Waals surface area contributed by atoms with E-state index in [9.17, 15) is 10.2 Å². The van der Waals surface area contributed by atoms with Gasteiger partial charge in [0.1, 0.15) is 0 Å². The molecule has 16 heavy (non-hydrogen) atoms. The van der Waals surface area contributed by atoms with Crippen molar-refractivity contribution in [2.75, 3.05) is 0 Å². The molecule has 0 rings (SSSR count). The van der Waals surface area contributed by atoms with Crippen molar-refractivity contribution >= 4 is 0 Å². The van der Waals surface area contributed by atoms with Crippen LogP contribution in [0.25, 0.3) is 0 Å². The Morgan fingerprint density at radius 1 is 0.938 bits per heavy atom. The van der Waals surface area contributed by atoms with E-state index in [1.165, 1.54) is 0 Å². The van der Waals surface area contributed by atoms with E-state index in [0.29, 0.717) is 0 Å². The first-order valence-corrected chi connectivity index (χ1v) is 2.13. The van der Waals surface area contributed by atoms with Gasteiger partial charge in [0.25, 0.3) is 0 Å². The summed E-state index contributed by atoms with van der Waals surface area (Å²) in [5, 5.41) is 33.4. The van der Waals surface area contributed by atoms with Crippen LogP contribution in [0.5, 0.6) is 0 Å². The van der Waals surface area contributed by atoms with Gasteiger partial charge in [0, 0.05) is 0 Å². The maximum Gasteiger partial charge on any atom is 3.00 e. The summed E-state index contributed by atoms with van der Waals surface area (Å²) in [4.78, 5) is 8.25. The van der Waals surface area contributed by atoms with Gasteiger partial charge in [-0.3, -0.25) is 0 Å². The average Bonchev–Trinajstić information content (AvgIpc) is 1.65. The maximum atomic E-state index is 9.34. The molecular weight excluding hydrogens is 281 g/mol. The molecule has 0 fully saturated rings. The zero-order chi connectivity index (χ0) is 7.86. The van der Waals surface area contributed by atoms with E-state index in [2.05, 4.69) is 0 Å². The molecule has 0 aliphatic carbocycles. The monoisotopic (exact) mass is 299 g/mol. The van der Waals surface area contributed by atoms with Crippen molar-refractivity contribution in [3.05, 3.63) is 15.3 Å². The van der Waals surface area contributed by atoms with Crippen LogP contribution in [0.1, 0.15) is 13.3 Å². The van der Waals surface area contributed by atoms with Gasteiger partial charge in [-0.2, -0.15) is 0 Å². The SMILES string of the molecule is CCC([O-])[O-].O.O.O.O.O.O.O=[N+]([O-])[O-].[Mn+3]. The third-order valence-electron chi connectivity index (χ3n) is 0.333. The van der Waals surface area contributed by atoms with E-state index in [0.717, 1.165) is 0 Å². The Morgan fingerprint density at radius 3 is 1.00 bits per heavy atom. The van der Waals surface area contributed by atoms with Crippen molar-refractivity contribution < 1.29 is 65.2 Å². The summed E-state index contributed by atoms with van der Waals surface area (Å²) in [5.74, 6) is 0. The third kappa shape index (κ3) is 1050. The molecule has 0 aliphatic heterocycles. The molecule has 0 saturated carbocycles. The Balaban J connectivity index is -0.00000000614. The first-order valence-electron chi connectivity index (χ1n) is 2.13. The Labute approximate surface area is 101 Å². The average molecular weight is 299 g/mol. The normalized spacial score (nSPS) is 4.50. The molecule has 0 spiro atoms. The molecule has 0 heterocycles. The molecule has 0 aromatic rings. The molecule has 0 unspecified atom stereocenters. The first-order chi connectivity index (χ1) is 4.00. The quantitative estimate of drug-likeness (QED) is 0.196. The molecule has 13 heteroatoms. The van der Waals surface area contributed by atoms with E-state index in [-0.39, 0.29) is 56.3 Å². The Morgan fingerprint density at radius 2 is 1.00 bits per heavy atom. The van der Waals surface area contributed by atoms with Crippen molar-refractivity contribution in [2.24, 2.45) is 0 Å². The summed E-state index contributed by atoms with van der Waals surface area (Å²) in [5.41, 5.74) is 0. The zero-order valence-electron chi connectivity index (χ0n) is 8.15. The van der Waals surface area contributed by atoms with Crippen LogP contribution in [0.3, 0.4) is 0 Å². The van der Waals surface area contributed by atoms with Crippen LogP contribution in [0.15, 0.2) is 0 Å². The van der Waals surface area contributed by atoms with Gasteiger partial charge in [0.2, 0.25) is 0 Å². The number of hydrogen-bond acceptors (Lipinski definition) is 5. The van der Waals surface area contributed by atoms with Gasteiger partial charge < -0.3 is 58.4 Å². The van der Waals surface area contributed by atoms with Crippen molar-refractivity contribution in [1.82, 2.24) is 0 Å². The van der Waals surface area contributed by atoms with Crippen LogP contribution in [-0.2, 0) is 17.1 Å². The number of nitrogens with zero attached hydrogens (tertiary/aromatic N) is 1. The van der Waals surface area contributed by atoms with Crippen LogP contribution < -0.4 is 10.2 Å². The third-order valence-corrected chi connectivity index (χ3v) is 0.333. The second-order valence-corrected chi connectivity index (χ2v) is 1.06. The van der Waals surface area contributed by atoms with E-state index in [4.69, 9.17) is 15.3 Å². The predicted octanol–water partition coefficient (Wildman–Crippen LogP) is -6.75. The maximum absolute atomic E-state index is 9.34. The molecule has 0 aromatic carbocycles. The molecule has 0 radical (unpaired) electrons. The molecule has 0 bridgehead atoms. The van der Waals surface area contributed by atoms with Crippen molar-refractivity contribution in [2.45, 2.75) is 19.6 Å². The van der Waals surface area contributed by atoms with Crippen LogP contribution in [0.4, 0.5) is 0 Å². The first kappa shape index (κ1) is 78.0. The second-order valence-electron chi connectivity index (χ2n) is 1.06. The van der Waals surface area contributed by atoms with Gasteiger partial charge >= 0.3 is 17.1 Å². The fourth-order valence-corrected chi connectivity index (χ4v) is 0. The summed E-state index contributed by atoms with van der Waals surface area (Å²) >= 11 is 0. The van der Waals surface area contributed by atoms with E-state index < -0.39 is 11.4 Å². The largest absolute Gasteiger partial charge is 3.00 e. The Kier molecular flexibility index (Phi) is 308. The van der Waals surface area contributed by atoms with Crippen molar-refractivity contribution in [1.29, 1.82) is 0 Å². The molecule has 0 aromatic heterocycles.